The third-order valence-corrected chi connectivity index (χ3v) is 5.32. The van der Waals surface area contributed by atoms with Crippen molar-refractivity contribution >= 4 is 17.3 Å². The number of nitrogens with one attached hydrogen (secondary N) is 2. The molecule has 0 bridgehead atoms. The molecule has 2 N–H and O–H groups in total. The van der Waals surface area contributed by atoms with Crippen molar-refractivity contribution in [2.75, 3.05) is 19.6 Å². The lowest BCUT2D eigenvalue weighted by atomic mass is 10.0. The average molecular weight is 373 g/mol. The molecule has 0 aromatic carbocycles. The van der Waals surface area contributed by atoms with Gasteiger partial charge in [0.2, 0.25) is 0 Å². The predicted octanol–water partition coefficient (Wildman–Crippen LogP) is 2.57. The molecule has 0 amide bonds. The quantitative estimate of drug-likeness (QED) is 0.603. The maximum atomic E-state index is 4.70. The maximum Gasteiger partial charge on any atom is 0.191 e. The Bertz CT molecular complexity index is 691. The zero-order valence-corrected chi connectivity index (χ0v) is 16.4. The largest absolute Gasteiger partial charge is 0.357 e. The first-order chi connectivity index (χ1) is 12.7. The van der Waals surface area contributed by atoms with Gasteiger partial charge in [0.25, 0.3) is 0 Å². The molecule has 1 aliphatic heterocycles. The van der Waals surface area contributed by atoms with Crippen LogP contribution in [0, 0.1) is 6.92 Å². The Kier molecular flexibility index (Phi) is 6.96. The second kappa shape index (κ2) is 9.64. The molecule has 3 heterocycles. The van der Waals surface area contributed by atoms with Gasteiger partial charge in [-0.2, -0.15) is 0 Å². The van der Waals surface area contributed by atoms with Crippen LogP contribution in [0.3, 0.4) is 0 Å². The Morgan fingerprint density at radius 3 is 2.81 bits per heavy atom. The molecule has 26 heavy (non-hydrogen) atoms. The minimum atomic E-state index is 0.464. The number of likely N-dealkylation sites (tertiary alicyclic amines) is 1. The van der Waals surface area contributed by atoms with Gasteiger partial charge in [0.15, 0.2) is 5.96 Å². The van der Waals surface area contributed by atoms with Crippen molar-refractivity contribution in [1.82, 2.24) is 25.5 Å². The number of thiazole rings is 1. The first-order valence-corrected chi connectivity index (χ1v) is 10.1. The monoisotopic (exact) mass is 372 g/mol. The van der Waals surface area contributed by atoms with E-state index < -0.39 is 0 Å². The molecule has 2 aromatic rings. The normalized spacial score (nSPS) is 16.6. The molecule has 0 unspecified atom stereocenters. The van der Waals surface area contributed by atoms with Crippen molar-refractivity contribution in [2.24, 2.45) is 4.99 Å². The molecule has 0 spiro atoms. The van der Waals surface area contributed by atoms with E-state index in [1.54, 1.807) is 11.3 Å². The topological polar surface area (TPSA) is 65.4 Å². The van der Waals surface area contributed by atoms with Gasteiger partial charge in [-0.15, -0.1) is 11.3 Å². The van der Waals surface area contributed by atoms with Gasteiger partial charge in [0.05, 0.1) is 12.2 Å². The van der Waals surface area contributed by atoms with Gasteiger partial charge < -0.3 is 10.6 Å². The van der Waals surface area contributed by atoms with E-state index in [0.717, 1.165) is 55.7 Å². The van der Waals surface area contributed by atoms with Crippen LogP contribution < -0.4 is 10.6 Å². The number of pyridine rings is 1. The summed E-state index contributed by atoms with van der Waals surface area (Å²) in [4.78, 5) is 17.2. The fraction of sp³-hybridized carbons (Fsp3) is 0.526. The van der Waals surface area contributed by atoms with Crippen LogP contribution in [0.5, 0.6) is 0 Å². The third kappa shape index (κ3) is 5.78. The number of hydrogen-bond donors (Lipinski definition) is 2. The lowest BCUT2D eigenvalue weighted by Crippen LogP contribution is -2.48. The molecule has 3 rings (SSSR count). The minimum Gasteiger partial charge on any atom is -0.357 e. The highest BCUT2D eigenvalue weighted by Gasteiger charge is 2.20. The molecule has 0 saturated carbocycles. The standard InChI is InChI=1S/C19H28N6S/c1-3-20-19(23-13-18-22-12-15(2)26-18)24-16-7-10-25(11-8-16)14-17-6-4-5-9-21-17/h4-6,9,12,16H,3,7-8,10-11,13-14H2,1-2H3,(H2,20,23,24). The summed E-state index contributed by atoms with van der Waals surface area (Å²) in [6.45, 7) is 8.77. The fourth-order valence-corrected chi connectivity index (χ4v) is 3.80. The molecule has 1 aliphatic rings. The molecule has 140 valence electrons. The first kappa shape index (κ1) is 18.8. The Morgan fingerprint density at radius 1 is 1.31 bits per heavy atom. The van der Waals surface area contributed by atoms with Gasteiger partial charge in [-0.05, 0) is 38.8 Å². The number of rotatable bonds is 6. The summed E-state index contributed by atoms with van der Waals surface area (Å²) in [5, 5.41) is 8.00. The van der Waals surface area contributed by atoms with Crippen LogP contribution in [-0.2, 0) is 13.1 Å². The van der Waals surface area contributed by atoms with Crippen molar-refractivity contribution in [3.63, 3.8) is 0 Å². The lowest BCUT2D eigenvalue weighted by molar-refractivity contribution is 0.196. The highest BCUT2D eigenvalue weighted by molar-refractivity contribution is 7.11. The van der Waals surface area contributed by atoms with Crippen LogP contribution in [-0.4, -0.2) is 46.5 Å². The molecule has 0 aliphatic carbocycles. The summed E-state index contributed by atoms with van der Waals surface area (Å²) in [5.41, 5.74) is 1.15. The van der Waals surface area contributed by atoms with Crippen LogP contribution in [0.25, 0.3) is 0 Å². The second-order valence-electron chi connectivity index (χ2n) is 6.58. The predicted molar refractivity (Wildman–Crippen MR) is 107 cm³/mol. The number of aryl methyl sites for hydroxylation is 1. The Balaban J connectivity index is 1.47. The zero-order chi connectivity index (χ0) is 18.2. The molecule has 1 fully saturated rings. The van der Waals surface area contributed by atoms with Crippen LogP contribution in [0.1, 0.15) is 35.3 Å². The van der Waals surface area contributed by atoms with E-state index in [-0.39, 0.29) is 0 Å². The third-order valence-electron chi connectivity index (χ3n) is 4.43. The first-order valence-electron chi connectivity index (χ1n) is 9.31. The SMILES string of the molecule is CCNC(=NCc1ncc(C)s1)NC1CCN(Cc2ccccn2)CC1. The molecule has 2 aromatic heterocycles. The van der Waals surface area contributed by atoms with Crippen LogP contribution in [0.2, 0.25) is 0 Å². The summed E-state index contributed by atoms with van der Waals surface area (Å²) >= 11 is 1.71. The number of aromatic nitrogens is 2. The smallest absolute Gasteiger partial charge is 0.191 e. The van der Waals surface area contributed by atoms with E-state index in [1.807, 2.05) is 18.5 Å². The van der Waals surface area contributed by atoms with Gasteiger partial charge in [0, 0.05) is 49.5 Å². The molecular weight excluding hydrogens is 344 g/mol. The minimum absolute atomic E-state index is 0.464. The van der Waals surface area contributed by atoms with Crippen LogP contribution in [0.15, 0.2) is 35.6 Å². The van der Waals surface area contributed by atoms with Gasteiger partial charge in [0.1, 0.15) is 5.01 Å². The van der Waals surface area contributed by atoms with Gasteiger partial charge in [-0.3, -0.25) is 9.88 Å². The van der Waals surface area contributed by atoms with Crippen molar-refractivity contribution in [1.29, 1.82) is 0 Å². The Hall–Kier alpha value is -1.99. The lowest BCUT2D eigenvalue weighted by Gasteiger charge is -2.32. The van der Waals surface area contributed by atoms with Crippen molar-refractivity contribution in [2.45, 2.75) is 45.8 Å². The van der Waals surface area contributed by atoms with E-state index in [0.29, 0.717) is 12.6 Å². The number of piperidine rings is 1. The van der Waals surface area contributed by atoms with E-state index in [9.17, 15) is 0 Å². The molecule has 0 atom stereocenters. The summed E-state index contributed by atoms with van der Waals surface area (Å²) in [7, 11) is 0. The van der Waals surface area contributed by atoms with Gasteiger partial charge >= 0.3 is 0 Å². The highest BCUT2D eigenvalue weighted by atomic mass is 32.1. The second-order valence-corrected chi connectivity index (χ2v) is 7.89. The van der Waals surface area contributed by atoms with E-state index in [2.05, 4.69) is 51.5 Å². The van der Waals surface area contributed by atoms with Gasteiger partial charge in [-0.25, -0.2) is 9.98 Å². The highest BCUT2D eigenvalue weighted by Crippen LogP contribution is 2.14. The van der Waals surface area contributed by atoms with Crippen molar-refractivity contribution in [3.8, 4) is 0 Å². The molecule has 7 heteroatoms. The number of aliphatic imine (C=N–C) groups is 1. The summed E-state index contributed by atoms with van der Waals surface area (Å²) in [6, 6.07) is 6.58. The molecule has 0 radical (unpaired) electrons. The zero-order valence-electron chi connectivity index (χ0n) is 15.6. The van der Waals surface area contributed by atoms with E-state index >= 15 is 0 Å². The van der Waals surface area contributed by atoms with Gasteiger partial charge in [-0.1, -0.05) is 6.07 Å². The summed E-state index contributed by atoms with van der Waals surface area (Å²) in [6.07, 6.45) is 6.02. The van der Waals surface area contributed by atoms with Crippen LogP contribution >= 0.6 is 11.3 Å². The number of guanidine groups is 1. The van der Waals surface area contributed by atoms with Crippen molar-refractivity contribution in [3.05, 3.63) is 46.2 Å². The molecule has 6 nitrogen and oxygen atoms in total. The fourth-order valence-electron chi connectivity index (χ4n) is 3.09. The summed E-state index contributed by atoms with van der Waals surface area (Å²) < 4.78 is 0. The number of hydrogen-bond acceptors (Lipinski definition) is 5. The Labute approximate surface area is 159 Å². The average Bonchev–Trinajstić information content (AvgIpc) is 3.08. The van der Waals surface area contributed by atoms with Crippen LogP contribution in [0.4, 0.5) is 0 Å². The Morgan fingerprint density at radius 2 is 2.15 bits per heavy atom. The number of nitrogens with zero attached hydrogens (tertiary/aromatic N) is 4. The van der Waals surface area contributed by atoms with E-state index in [1.165, 1.54) is 4.88 Å². The molecular formula is C19H28N6S. The maximum absolute atomic E-state index is 4.70. The van der Waals surface area contributed by atoms with Crippen molar-refractivity contribution < 1.29 is 0 Å². The molecule has 1 saturated heterocycles. The summed E-state index contributed by atoms with van der Waals surface area (Å²) in [5.74, 6) is 0.892. The van der Waals surface area contributed by atoms with E-state index in [4.69, 9.17) is 4.99 Å².